The van der Waals surface area contributed by atoms with Crippen LogP contribution in [0.15, 0.2) is 48.5 Å². The molecule has 1 unspecified atom stereocenters. The van der Waals surface area contributed by atoms with Crippen LogP contribution in [0.2, 0.25) is 0 Å². The minimum Gasteiger partial charge on any atom is -0.374 e. The van der Waals surface area contributed by atoms with E-state index in [1.165, 1.54) is 24.8 Å². The molecule has 4 atom stereocenters. The topological polar surface area (TPSA) is 99.3 Å². The number of carbonyl (C=O) groups is 3. The van der Waals surface area contributed by atoms with Crippen LogP contribution >= 0.6 is 0 Å². The van der Waals surface area contributed by atoms with Gasteiger partial charge in [0.25, 0.3) is 5.91 Å². The van der Waals surface area contributed by atoms with Gasteiger partial charge in [-0.1, -0.05) is 39.0 Å². The van der Waals surface area contributed by atoms with E-state index in [4.69, 9.17) is 0 Å². The Labute approximate surface area is 212 Å². The van der Waals surface area contributed by atoms with Crippen LogP contribution < -0.4 is 21.3 Å². The largest absolute Gasteiger partial charge is 0.374 e. The van der Waals surface area contributed by atoms with Gasteiger partial charge >= 0.3 is 0 Å². The second kappa shape index (κ2) is 9.36. The lowest BCUT2D eigenvalue weighted by Crippen LogP contribution is -2.47. The molecule has 2 aromatic carbocycles. The molecule has 36 heavy (non-hydrogen) atoms. The van der Waals surface area contributed by atoms with Crippen molar-refractivity contribution in [3.05, 3.63) is 59.7 Å². The van der Waals surface area contributed by atoms with E-state index in [0.717, 1.165) is 12.5 Å². The molecule has 7 nitrogen and oxygen atoms in total. The van der Waals surface area contributed by atoms with E-state index >= 15 is 0 Å². The lowest BCUT2D eigenvalue weighted by atomic mass is 9.69. The summed E-state index contributed by atoms with van der Waals surface area (Å²) in [7, 11) is 0. The zero-order chi connectivity index (χ0) is 25.5. The molecule has 7 heteroatoms. The lowest BCUT2D eigenvalue weighted by Gasteiger charge is -2.39. The molecule has 1 saturated heterocycles. The number of nitrogens with one attached hydrogen (secondary N) is 4. The molecule has 3 amide bonds. The van der Waals surface area contributed by atoms with Crippen molar-refractivity contribution < 1.29 is 14.4 Å². The van der Waals surface area contributed by atoms with Gasteiger partial charge < -0.3 is 16.0 Å². The molecule has 2 aromatic rings. The average molecular weight is 489 g/mol. The number of amides is 3. The number of imide groups is 1. The summed E-state index contributed by atoms with van der Waals surface area (Å²) in [6, 6.07) is 15.1. The third-order valence-electron chi connectivity index (χ3n) is 9.26. The summed E-state index contributed by atoms with van der Waals surface area (Å²) < 4.78 is 0. The minimum absolute atomic E-state index is 0.185. The van der Waals surface area contributed by atoms with Gasteiger partial charge in [-0.05, 0) is 78.3 Å². The predicted octanol–water partition coefficient (Wildman–Crippen LogP) is 4.46. The fourth-order valence-electron chi connectivity index (χ4n) is 6.45. The van der Waals surface area contributed by atoms with Crippen LogP contribution in [0.5, 0.6) is 0 Å². The third kappa shape index (κ3) is 4.52. The smallest absolute Gasteiger partial charge is 0.255 e. The standard InChI is InChI=1S/C29H36N4O3/c1-28(2)20-13-14-29(28,3)24(15-20)30-17-18-7-9-19(10-8-18)26(35)32-22-6-4-5-21(16-22)31-23-11-12-25(34)33-27(23)36/h4-10,16,20,23-24,30-31H,11-15,17H2,1-3H3,(H,32,35)(H,33,34,36)/t20-,23?,24+,29+/m1/s1. The SMILES string of the molecule is CC1(C)[C@@H]2CC[C@@]1(C)[C@@H](NCc1ccc(C(=O)Nc3cccc(NC4CCC(=O)NC4=O)c3)cc1)C2. The van der Waals surface area contributed by atoms with Gasteiger partial charge in [0.2, 0.25) is 11.8 Å². The first-order valence-electron chi connectivity index (χ1n) is 13.0. The molecule has 2 saturated carbocycles. The van der Waals surface area contributed by atoms with E-state index in [-0.39, 0.29) is 17.7 Å². The Morgan fingerprint density at radius 3 is 2.44 bits per heavy atom. The molecule has 2 aliphatic carbocycles. The van der Waals surface area contributed by atoms with Crippen molar-refractivity contribution in [2.24, 2.45) is 16.7 Å². The van der Waals surface area contributed by atoms with E-state index in [1.807, 2.05) is 42.5 Å². The van der Waals surface area contributed by atoms with Gasteiger partial charge in [0, 0.05) is 35.9 Å². The van der Waals surface area contributed by atoms with Gasteiger partial charge in [-0.15, -0.1) is 0 Å². The maximum atomic E-state index is 12.8. The van der Waals surface area contributed by atoms with Gasteiger partial charge in [-0.2, -0.15) is 0 Å². The molecule has 2 bridgehead atoms. The summed E-state index contributed by atoms with van der Waals surface area (Å²) in [4.78, 5) is 36.2. The number of hydrogen-bond acceptors (Lipinski definition) is 5. The van der Waals surface area contributed by atoms with Crippen molar-refractivity contribution in [3.8, 4) is 0 Å². The fourth-order valence-corrected chi connectivity index (χ4v) is 6.45. The summed E-state index contributed by atoms with van der Waals surface area (Å²) in [5, 5.41) is 12.2. The Morgan fingerprint density at radius 1 is 1.03 bits per heavy atom. The van der Waals surface area contributed by atoms with Crippen LogP contribution in [-0.4, -0.2) is 29.8 Å². The van der Waals surface area contributed by atoms with Crippen LogP contribution in [0.1, 0.15) is 68.8 Å². The number of hydrogen-bond donors (Lipinski definition) is 4. The number of carbonyl (C=O) groups excluding carboxylic acids is 3. The summed E-state index contributed by atoms with van der Waals surface area (Å²) in [5.74, 6) is 0.0528. The Bertz CT molecular complexity index is 1180. The minimum atomic E-state index is -0.470. The fraction of sp³-hybridized carbons (Fsp3) is 0.483. The molecule has 1 heterocycles. The van der Waals surface area contributed by atoms with Crippen LogP contribution in [0, 0.1) is 16.7 Å². The summed E-state index contributed by atoms with van der Waals surface area (Å²) >= 11 is 0. The highest BCUT2D eigenvalue weighted by atomic mass is 16.2. The molecule has 1 aliphatic heterocycles. The first-order chi connectivity index (χ1) is 17.2. The molecular formula is C29H36N4O3. The maximum Gasteiger partial charge on any atom is 0.255 e. The summed E-state index contributed by atoms with van der Waals surface area (Å²) in [5.41, 5.74) is 3.85. The highest BCUT2D eigenvalue weighted by Gasteiger charge is 2.60. The van der Waals surface area contributed by atoms with Crippen LogP contribution in [0.4, 0.5) is 11.4 Å². The lowest BCUT2D eigenvalue weighted by molar-refractivity contribution is -0.133. The van der Waals surface area contributed by atoms with Crippen molar-refractivity contribution >= 4 is 29.1 Å². The number of rotatable bonds is 7. The van der Waals surface area contributed by atoms with Gasteiger partial charge in [-0.25, -0.2) is 0 Å². The zero-order valence-corrected chi connectivity index (χ0v) is 21.3. The van der Waals surface area contributed by atoms with E-state index in [1.54, 1.807) is 6.07 Å². The molecule has 0 radical (unpaired) electrons. The first-order valence-corrected chi connectivity index (χ1v) is 13.0. The van der Waals surface area contributed by atoms with E-state index in [0.29, 0.717) is 46.7 Å². The Kier molecular flexibility index (Phi) is 6.37. The first kappa shape index (κ1) is 24.5. The number of piperidine rings is 1. The van der Waals surface area contributed by atoms with Crippen molar-refractivity contribution in [3.63, 3.8) is 0 Å². The van der Waals surface area contributed by atoms with Gasteiger partial charge in [0.15, 0.2) is 0 Å². The molecule has 3 aliphatic rings. The van der Waals surface area contributed by atoms with Crippen molar-refractivity contribution in [1.82, 2.24) is 10.6 Å². The third-order valence-corrected chi connectivity index (χ3v) is 9.26. The highest BCUT2D eigenvalue weighted by Crippen LogP contribution is 2.65. The average Bonchev–Trinajstić information content (AvgIpc) is 3.18. The summed E-state index contributed by atoms with van der Waals surface area (Å²) in [6.45, 7) is 8.11. The number of benzene rings is 2. The molecule has 190 valence electrons. The highest BCUT2D eigenvalue weighted by molar-refractivity contribution is 6.04. The second-order valence-electron chi connectivity index (χ2n) is 11.4. The van der Waals surface area contributed by atoms with Gasteiger partial charge in [0.1, 0.15) is 6.04 Å². The Morgan fingerprint density at radius 2 is 1.78 bits per heavy atom. The van der Waals surface area contributed by atoms with Crippen LogP contribution in [0.3, 0.4) is 0 Å². The van der Waals surface area contributed by atoms with Crippen LogP contribution in [0.25, 0.3) is 0 Å². The van der Waals surface area contributed by atoms with Crippen molar-refractivity contribution in [2.45, 2.75) is 71.5 Å². The quantitative estimate of drug-likeness (QED) is 0.431. The molecule has 3 fully saturated rings. The van der Waals surface area contributed by atoms with E-state index in [2.05, 4.69) is 42.0 Å². The molecule has 4 N–H and O–H groups in total. The summed E-state index contributed by atoms with van der Waals surface area (Å²) in [6.07, 6.45) is 4.65. The zero-order valence-electron chi connectivity index (χ0n) is 21.3. The normalized spacial score (nSPS) is 28.6. The molecule has 0 aromatic heterocycles. The second-order valence-corrected chi connectivity index (χ2v) is 11.4. The maximum absolute atomic E-state index is 12.8. The molecular weight excluding hydrogens is 452 g/mol. The number of anilines is 2. The molecule has 0 spiro atoms. The van der Waals surface area contributed by atoms with Crippen molar-refractivity contribution in [1.29, 1.82) is 0 Å². The Hall–Kier alpha value is -3.19. The van der Waals surface area contributed by atoms with Gasteiger partial charge in [0.05, 0.1) is 0 Å². The van der Waals surface area contributed by atoms with Crippen molar-refractivity contribution in [2.75, 3.05) is 10.6 Å². The number of fused-ring (bicyclic) bond motifs is 2. The van der Waals surface area contributed by atoms with E-state index < -0.39 is 6.04 Å². The van der Waals surface area contributed by atoms with Crippen LogP contribution in [-0.2, 0) is 16.1 Å². The molecule has 5 rings (SSSR count). The van der Waals surface area contributed by atoms with Gasteiger partial charge in [-0.3, -0.25) is 19.7 Å². The Balaban J connectivity index is 1.16. The monoisotopic (exact) mass is 488 g/mol. The predicted molar refractivity (Wildman–Crippen MR) is 140 cm³/mol. The van der Waals surface area contributed by atoms with E-state index in [9.17, 15) is 14.4 Å².